The van der Waals surface area contributed by atoms with Gasteiger partial charge in [0.2, 0.25) is 0 Å². The van der Waals surface area contributed by atoms with Gasteiger partial charge >= 0.3 is 0 Å². The van der Waals surface area contributed by atoms with Gasteiger partial charge in [-0.05, 0) is 36.4 Å². The summed E-state index contributed by atoms with van der Waals surface area (Å²) in [5.74, 6) is -0.445. The second kappa shape index (κ2) is 7.95. The van der Waals surface area contributed by atoms with Gasteiger partial charge in [-0.3, -0.25) is 4.79 Å². The van der Waals surface area contributed by atoms with E-state index in [-0.39, 0.29) is 29.7 Å². The number of rotatable bonds is 6. The topological polar surface area (TPSA) is 74.3 Å². The predicted molar refractivity (Wildman–Crippen MR) is 98.6 cm³/mol. The lowest BCUT2D eigenvalue weighted by atomic mass is 10.2. The van der Waals surface area contributed by atoms with Crippen molar-refractivity contribution in [1.82, 2.24) is 10.3 Å². The molecule has 1 heterocycles. The lowest BCUT2D eigenvalue weighted by molar-refractivity contribution is 0.0840. The van der Waals surface area contributed by atoms with E-state index in [1.54, 1.807) is 30.3 Å². The summed E-state index contributed by atoms with van der Waals surface area (Å²) in [5, 5.41) is 13.8. The molecule has 1 unspecified atom stereocenters. The highest BCUT2D eigenvalue weighted by Gasteiger charge is 2.13. The third kappa shape index (κ3) is 4.27. The number of halogens is 3. The average Bonchev–Trinajstić information content (AvgIpc) is 3.04. The summed E-state index contributed by atoms with van der Waals surface area (Å²) in [6, 6.07) is 10.7. The molecular formula is C18H15Cl2FN2O3. The van der Waals surface area contributed by atoms with Crippen LogP contribution in [0.1, 0.15) is 10.5 Å². The second-order valence-electron chi connectivity index (χ2n) is 5.64. The van der Waals surface area contributed by atoms with Gasteiger partial charge in [0.25, 0.3) is 5.91 Å². The molecule has 3 N–H and O–H groups in total. The van der Waals surface area contributed by atoms with Crippen molar-refractivity contribution < 1.29 is 19.0 Å². The monoisotopic (exact) mass is 396 g/mol. The Balaban J connectivity index is 1.54. The quantitative estimate of drug-likeness (QED) is 0.593. The lowest BCUT2D eigenvalue weighted by Crippen LogP contribution is -2.35. The number of aliphatic hydroxyl groups excluding tert-OH is 1. The average molecular weight is 397 g/mol. The van der Waals surface area contributed by atoms with Crippen molar-refractivity contribution in [3.8, 4) is 5.75 Å². The highest BCUT2D eigenvalue weighted by Crippen LogP contribution is 2.31. The van der Waals surface area contributed by atoms with Crippen molar-refractivity contribution >= 4 is 40.0 Å². The van der Waals surface area contributed by atoms with E-state index in [1.807, 2.05) is 0 Å². The fourth-order valence-electron chi connectivity index (χ4n) is 2.37. The molecule has 1 atom stereocenters. The second-order valence-corrected chi connectivity index (χ2v) is 6.43. The number of ether oxygens (including phenoxy) is 1. The molecule has 136 valence electrons. The summed E-state index contributed by atoms with van der Waals surface area (Å²) in [6.45, 7) is -0.0982. The molecule has 1 amide bonds. The van der Waals surface area contributed by atoms with Gasteiger partial charge in [-0.25, -0.2) is 4.39 Å². The minimum absolute atomic E-state index is 0.0270. The molecule has 0 fully saturated rings. The minimum atomic E-state index is -0.948. The normalized spacial score (nSPS) is 12.2. The van der Waals surface area contributed by atoms with E-state index in [9.17, 15) is 14.3 Å². The first-order valence-electron chi connectivity index (χ1n) is 7.75. The molecule has 0 aliphatic carbocycles. The van der Waals surface area contributed by atoms with Crippen LogP contribution in [0.2, 0.25) is 10.0 Å². The van der Waals surface area contributed by atoms with E-state index in [1.165, 1.54) is 12.1 Å². The number of aliphatic hydroxyl groups is 1. The van der Waals surface area contributed by atoms with Gasteiger partial charge in [0, 0.05) is 17.4 Å². The van der Waals surface area contributed by atoms with Crippen LogP contribution in [0.15, 0.2) is 42.5 Å². The molecule has 2 aromatic carbocycles. The van der Waals surface area contributed by atoms with Crippen LogP contribution in [-0.2, 0) is 0 Å². The number of aromatic amines is 1. The summed E-state index contributed by atoms with van der Waals surface area (Å²) < 4.78 is 18.6. The molecule has 0 spiro atoms. The van der Waals surface area contributed by atoms with Crippen LogP contribution >= 0.6 is 23.2 Å². The molecule has 3 rings (SSSR count). The summed E-state index contributed by atoms with van der Waals surface area (Å²) in [7, 11) is 0. The van der Waals surface area contributed by atoms with E-state index in [0.29, 0.717) is 21.7 Å². The summed E-state index contributed by atoms with van der Waals surface area (Å²) in [4.78, 5) is 15.0. The molecule has 0 aliphatic rings. The van der Waals surface area contributed by atoms with Gasteiger partial charge < -0.3 is 20.1 Å². The molecule has 8 heteroatoms. The smallest absolute Gasteiger partial charge is 0.267 e. The Bertz CT molecular complexity index is 945. The standard InChI is InChI=1S/C18H15Cl2FN2O3/c19-13-2-1-3-16(17(13)20)26-9-12(24)8-22-18(25)15-7-10-6-11(21)4-5-14(10)23-15/h1-7,12,23-24H,8-9H2,(H,22,25). The summed E-state index contributed by atoms with van der Waals surface area (Å²) in [5.41, 5.74) is 0.924. The van der Waals surface area contributed by atoms with Gasteiger partial charge in [0.1, 0.15) is 35.0 Å². The first-order chi connectivity index (χ1) is 12.4. The van der Waals surface area contributed by atoms with Crippen molar-refractivity contribution in [2.24, 2.45) is 0 Å². The molecule has 3 aromatic rings. The third-order valence-electron chi connectivity index (χ3n) is 3.67. The van der Waals surface area contributed by atoms with E-state index < -0.39 is 12.0 Å². The highest BCUT2D eigenvalue weighted by atomic mass is 35.5. The van der Waals surface area contributed by atoms with Gasteiger partial charge in [0.15, 0.2) is 0 Å². The van der Waals surface area contributed by atoms with Crippen molar-refractivity contribution in [3.63, 3.8) is 0 Å². The molecule has 0 bridgehead atoms. The Morgan fingerprint density at radius 2 is 2.08 bits per heavy atom. The number of hydrogen-bond acceptors (Lipinski definition) is 3. The van der Waals surface area contributed by atoms with E-state index >= 15 is 0 Å². The molecule has 0 radical (unpaired) electrons. The zero-order valence-corrected chi connectivity index (χ0v) is 14.9. The zero-order valence-electron chi connectivity index (χ0n) is 13.4. The van der Waals surface area contributed by atoms with E-state index in [2.05, 4.69) is 10.3 Å². The molecule has 0 saturated carbocycles. The Morgan fingerprint density at radius 1 is 1.27 bits per heavy atom. The minimum Gasteiger partial charge on any atom is -0.489 e. The van der Waals surface area contributed by atoms with Crippen LogP contribution in [0, 0.1) is 5.82 Å². The first kappa shape index (κ1) is 18.5. The maximum atomic E-state index is 13.2. The van der Waals surface area contributed by atoms with Crippen LogP contribution in [0.5, 0.6) is 5.75 Å². The van der Waals surface area contributed by atoms with Crippen LogP contribution in [0.25, 0.3) is 10.9 Å². The van der Waals surface area contributed by atoms with Crippen molar-refractivity contribution in [2.45, 2.75) is 6.10 Å². The molecular weight excluding hydrogens is 382 g/mol. The SMILES string of the molecule is O=C(NCC(O)COc1cccc(Cl)c1Cl)c1cc2cc(F)ccc2[nH]1. The lowest BCUT2D eigenvalue weighted by Gasteiger charge is -2.14. The van der Waals surface area contributed by atoms with Gasteiger partial charge in [-0.1, -0.05) is 29.3 Å². The zero-order chi connectivity index (χ0) is 18.7. The van der Waals surface area contributed by atoms with E-state index in [4.69, 9.17) is 27.9 Å². The number of carbonyl (C=O) groups excluding carboxylic acids is 1. The maximum absolute atomic E-state index is 13.2. The number of fused-ring (bicyclic) bond motifs is 1. The number of amides is 1. The number of nitrogens with one attached hydrogen (secondary N) is 2. The molecule has 26 heavy (non-hydrogen) atoms. The predicted octanol–water partition coefficient (Wildman–Crippen LogP) is 3.78. The number of carbonyl (C=O) groups is 1. The van der Waals surface area contributed by atoms with Crippen molar-refractivity contribution in [3.05, 3.63) is 64.0 Å². The van der Waals surface area contributed by atoms with Gasteiger partial charge in [-0.15, -0.1) is 0 Å². The largest absolute Gasteiger partial charge is 0.489 e. The number of benzene rings is 2. The molecule has 5 nitrogen and oxygen atoms in total. The van der Waals surface area contributed by atoms with Crippen LogP contribution in [-0.4, -0.2) is 35.3 Å². The molecule has 1 aromatic heterocycles. The number of aromatic nitrogens is 1. The van der Waals surface area contributed by atoms with Gasteiger partial charge in [0.05, 0.1) is 5.02 Å². The maximum Gasteiger partial charge on any atom is 0.267 e. The summed E-state index contributed by atoms with van der Waals surface area (Å²) >= 11 is 11.9. The summed E-state index contributed by atoms with van der Waals surface area (Å²) in [6.07, 6.45) is -0.948. The van der Waals surface area contributed by atoms with Crippen LogP contribution in [0.4, 0.5) is 4.39 Å². The number of H-pyrrole nitrogens is 1. The van der Waals surface area contributed by atoms with Gasteiger partial charge in [-0.2, -0.15) is 0 Å². The van der Waals surface area contributed by atoms with Crippen molar-refractivity contribution in [1.29, 1.82) is 0 Å². The Hall–Kier alpha value is -2.28. The Morgan fingerprint density at radius 3 is 2.88 bits per heavy atom. The highest BCUT2D eigenvalue weighted by molar-refractivity contribution is 6.42. The Labute approximate surface area is 158 Å². The Kier molecular flexibility index (Phi) is 5.66. The van der Waals surface area contributed by atoms with Crippen LogP contribution < -0.4 is 10.1 Å². The van der Waals surface area contributed by atoms with E-state index in [0.717, 1.165) is 0 Å². The fourth-order valence-corrected chi connectivity index (χ4v) is 2.72. The fraction of sp³-hybridized carbons (Fsp3) is 0.167. The van der Waals surface area contributed by atoms with Crippen LogP contribution in [0.3, 0.4) is 0 Å². The third-order valence-corrected chi connectivity index (χ3v) is 4.47. The van der Waals surface area contributed by atoms with Crippen molar-refractivity contribution in [2.75, 3.05) is 13.2 Å². The number of hydrogen-bond donors (Lipinski definition) is 3. The molecule has 0 aliphatic heterocycles. The molecule has 0 saturated heterocycles. The first-order valence-corrected chi connectivity index (χ1v) is 8.51.